The molecule has 0 saturated carbocycles. The van der Waals surface area contributed by atoms with E-state index < -0.39 is 0 Å². The lowest BCUT2D eigenvalue weighted by molar-refractivity contribution is 0.619. The first-order valence-electron chi connectivity index (χ1n) is 5.76. The van der Waals surface area contributed by atoms with Crippen LogP contribution in [0.5, 0.6) is 0 Å². The van der Waals surface area contributed by atoms with Crippen molar-refractivity contribution in [2.24, 2.45) is 0 Å². The average Bonchev–Trinajstić information content (AvgIpc) is 2.41. The normalized spacial score (nSPS) is 10.5. The highest BCUT2D eigenvalue weighted by Crippen LogP contribution is 2.23. The molecular weight excluding hydrogens is 331 g/mol. The lowest BCUT2D eigenvalue weighted by Gasteiger charge is -2.21. The van der Waals surface area contributed by atoms with Crippen LogP contribution in [0.4, 0.5) is 10.2 Å². The van der Waals surface area contributed by atoms with Crippen LogP contribution in [0.2, 0.25) is 0 Å². The molecule has 0 fully saturated rings. The quantitative estimate of drug-likeness (QED) is 0.767. The second-order valence-corrected chi connectivity index (χ2v) is 5.34. The van der Waals surface area contributed by atoms with Crippen molar-refractivity contribution in [1.82, 2.24) is 4.98 Å². The molecule has 0 radical (unpaired) electrons. The molecule has 0 aliphatic heterocycles. The second-order valence-electron chi connectivity index (χ2n) is 4.22. The van der Waals surface area contributed by atoms with Crippen molar-refractivity contribution in [3.8, 4) is 0 Å². The fraction of sp³-hybridized carbons (Fsp3) is 0.214. The summed E-state index contributed by atoms with van der Waals surface area (Å²) in [4.78, 5) is 6.08. The van der Waals surface area contributed by atoms with E-state index in [0.29, 0.717) is 17.9 Å². The van der Waals surface area contributed by atoms with E-state index >= 15 is 0 Å². The molecule has 1 heterocycles. The van der Waals surface area contributed by atoms with Crippen LogP contribution in [-0.4, -0.2) is 12.0 Å². The molecule has 2 aromatic rings. The SMILES string of the molecule is CN(Cc1ccccc1Br)c1ncc(F)cc1CCl. The standard InChI is InChI=1S/C14H13BrClFN2/c1-19(9-10-4-2-3-5-13(10)15)14-11(7-16)6-12(17)8-18-14/h2-6,8H,7,9H2,1H3. The third-order valence-corrected chi connectivity index (χ3v) is 3.84. The maximum atomic E-state index is 13.1. The highest BCUT2D eigenvalue weighted by Gasteiger charge is 2.11. The summed E-state index contributed by atoms with van der Waals surface area (Å²) < 4.78 is 14.2. The molecule has 2 nitrogen and oxygen atoms in total. The maximum Gasteiger partial charge on any atom is 0.141 e. The molecule has 1 aromatic carbocycles. The van der Waals surface area contributed by atoms with Crippen molar-refractivity contribution in [3.05, 3.63) is 57.9 Å². The van der Waals surface area contributed by atoms with Crippen molar-refractivity contribution < 1.29 is 4.39 Å². The summed E-state index contributed by atoms with van der Waals surface area (Å²) in [5.41, 5.74) is 1.83. The third kappa shape index (κ3) is 3.45. The van der Waals surface area contributed by atoms with Gasteiger partial charge in [-0.25, -0.2) is 9.37 Å². The zero-order valence-corrected chi connectivity index (χ0v) is 12.7. The van der Waals surface area contributed by atoms with Gasteiger partial charge >= 0.3 is 0 Å². The fourth-order valence-corrected chi connectivity index (χ4v) is 2.48. The van der Waals surface area contributed by atoms with E-state index in [4.69, 9.17) is 11.6 Å². The smallest absolute Gasteiger partial charge is 0.141 e. The van der Waals surface area contributed by atoms with Crippen molar-refractivity contribution in [3.63, 3.8) is 0 Å². The molecule has 0 unspecified atom stereocenters. The molecule has 0 saturated heterocycles. The van der Waals surface area contributed by atoms with Gasteiger partial charge in [0.15, 0.2) is 0 Å². The van der Waals surface area contributed by atoms with Gasteiger partial charge in [0.25, 0.3) is 0 Å². The number of hydrogen-bond acceptors (Lipinski definition) is 2. The zero-order chi connectivity index (χ0) is 13.8. The minimum Gasteiger partial charge on any atom is -0.355 e. The second kappa shape index (κ2) is 6.35. The Hall–Kier alpha value is -1.13. The topological polar surface area (TPSA) is 16.1 Å². The summed E-state index contributed by atoms with van der Waals surface area (Å²) in [5, 5.41) is 0. The molecule has 0 bridgehead atoms. The number of nitrogens with zero attached hydrogens (tertiary/aromatic N) is 2. The van der Waals surface area contributed by atoms with Gasteiger partial charge in [-0.1, -0.05) is 34.1 Å². The van der Waals surface area contributed by atoms with E-state index in [-0.39, 0.29) is 11.7 Å². The molecule has 19 heavy (non-hydrogen) atoms. The molecule has 0 aliphatic rings. The molecular formula is C14H13BrClFN2. The maximum absolute atomic E-state index is 13.1. The molecule has 0 N–H and O–H groups in total. The number of benzene rings is 1. The Morgan fingerprint density at radius 2 is 2.05 bits per heavy atom. The lowest BCUT2D eigenvalue weighted by atomic mass is 10.2. The van der Waals surface area contributed by atoms with Gasteiger partial charge in [0.1, 0.15) is 11.6 Å². The van der Waals surface area contributed by atoms with Gasteiger partial charge in [-0.3, -0.25) is 0 Å². The summed E-state index contributed by atoms with van der Waals surface area (Å²) >= 11 is 9.35. The van der Waals surface area contributed by atoms with Crippen LogP contribution >= 0.6 is 27.5 Å². The Morgan fingerprint density at radius 1 is 1.32 bits per heavy atom. The lowest BCUT2D eigenvalue weighted by Crippen LogP contribution is -2.19. The number of hydrogen-bond donors (Lipinski definition) is 0. The zero-order valence-electron chi connectivity index (χ0n) is 10.4. The van der Waals surface area contributed by atoms with Crippen LogP contribution in [0.3, 0.4) is 0 Å². The van der Waals surface area contributed by atoms with Gasteiger partial charge in [-0.15, -0.1) is 11.6 Å². The predicted molar refractivity (Wildman–Crippen MR) is 80.0 cm³/mol. The predicted octanol–water partition coefficient (Wildman–Crippen LogP) is 4.36. The number of rotatable bonds is 4. The van der Waals surface area contributed by atoms with Gasteiger partial charge < -0.3 is 4.90 Å². The Morgan fingerprint density at radius 3 is 2.74 bits per heavy atom. The van der Waals surface area contributed by atoms with E-state index in [1.54, 1.807) is 0 Å². The van der Waals surface area contributed by atoms with Crippen molar-refractivity contribution in [2.75, 3.05) is 11.9 Å². The molecule has 0 amide bonds. The first-order chi connectivity index (χ1) is 9.11. The summed E-state index contributed by atoms with van der Waals surface area (Å²) in [6.07, 6.45) is 1.21. The van der Waals surface area contributed by atoms with E-state index in [1.165, 1.54) is 12.3 Å². The number of halogens is 3. The Bertz CT molecular complexity index is 577. The van der Waals surface area contributed by atoms with Gasteiger partial charge in [0.05, 0.1) is 12.1 Å². The Balaban J connectivity index is 2.25. The Kier molecular flexibility index (Phi) is 4.77. The molecule has 2 rings (SSSR count). The average molecular weight is 344 g/mol. The van der Waals surface area contributed by atoms with E-state index in [2.05, 4.69) is 20.9 Å². The molecule has 100 valence electrons. The van der Waals surface area contributed by atoms with Crippen LogP contribution in [0, 0.1) is 5.82 Å². The molecule has 5 heteroatoms. The summed E-state index contributed by atoms with van der Waals surface area (Å²) in [6, 6.07) is 9.39. The van der Waals surface area contributed by atoms with Crippen LogP contribution < -0.4 is 4.90 Å². The molecule has 0 spiro atoms. The van der Waals surface area contributed by atoms with Gasteiger partial charge in [-0.05, 0) is 17.7 Å². The minimum atomic E-state index is -0.367. The van der Waals surface area contributed by atoms with Crippen molar-refractivity contribution >= 4 is 33.3 Å². The van der Waals surface area contributed by atoms with Crippen LogP contribution in [0.15, 0.2) is 41.0 Å². The van der Waals surface area contributed by atoms with E-state index in [9.17, 15) is 4.39 Å². The number of anilines is 1. The van der Waals surface area contributed by atoms with Gasteiger partial charge in [0, 0.05) is 23.6 Å². The summed E-state index contributed by atoms with van der Waals surface area (Å²) in [6.45, 7) is 0.671. The summed E-state index contributed by atoms with van der Waals surface area (Å²) in [7, 11) is 1.91. The number of alkyl halides is 1. The fourth-order valence-electron chi connectivity index (χ4n) is 1.87. The van der Waals surface area contributed by atoms with E-state index in [1.807, 2.05) is 36.2 Å². The van der Waals surface area contributed by atoms with Crippen LogP contribution in [0.1, 0.15) is 11.1 Å². The van der Waals surface area contributed by atoms with Crippen LogP contribution in [-0.2, 0) is 12.4 Å². The summed E-state index contributed by atoms with van der Waals surface area (Å²) in [5.74, 6) is 0.571. The highest BCUT2D eigenvalue weighted by molar-refractivity contribution is 9.10. The largest absolute Gasteiger partial charge is 0.355 e. The van der Waals surface area contributed by atoms with Gasteiger partial charge in [-0.2, -0.15) is 0 Å². The number of pyridine rings is 1. The molecule has 0 atom stereocenters. The Labute approximate surface area is 125 Å². The van der Waals surface area contributed by atoms with Gasteiger partial charge in [0.2, 0.25) is 0 Å². The van der Waals surface area contributed by atoms with Crippen molar-refractivity contribution in [1.29, 1.82) is 0 Å². The van der Waals surface area contributed by atoms with E-state index in [0.717, 1.165) is 10.0 Å². The monoisotopic (exact) mass is 342 g/mol. The van der Waals surface area contributed by atoms with Crippen LogP contribution in [0.25, 0.3) is 0 Å². The highest BCUT2D eigenvalue weighted by atomic mass is 79.9. The third-order valence-electron chi connectivity index (χ3n) is 2.78. The number of aromatic nitrogens is 1. The first kappa shape index (κ1) is 14.3. The molecule has 0 aliphatic carbocycles. The molecule has 1 aromatic heterocycles. The van der Waals surface area contributed by atoms with Crippen molar-refractivity contribution in [2.45, 2.75) is 12.4 Å². The minimum absolute atomic E-state index is 0.237. The first-order valence-corrected chi connectivity index (χ1v) is 7.09.